The second kappa shape index (κ2) is 16.3. The fraction of sp³-hybridized carbons (Fsp3) is 0.571. The second-order valence-electron chi connectivity index (χ2n) is 13.3. The molecule has 1 saturated heterocycles. The molecule has 0 bridgehead atoms. The van der Waals surface area contributed by atoms with E-state index < -0.39 is 0 Å². The van der Waals surface area contributed by atoms with E-state index >= 15 is 0 Å². The van der Waals surface area contributed by atoms with Gasteiger partial charge in [-0.25, -0.2) is 19.6 Å². The van der Waals surface area contributed by atoms with Crippen molar-refractivity contribution in [3.63, 3.8) is 0 Å². The van der Waals surface area contributed by atoms with Crippen LogP contribution < -0.4 is 14.8 Å². The van der Waals surface area contributed by atoms with Crippen LogP contribution >= 0.6 is 11.6 Å². The zero-order chi connectivity index (χ0) is 34.3. The Labute approximate surface area is 293 Å². The number of aromatic nitrogens is 7. The lowest BCUT2D eigenvalue weighted by Gasteiger charge is -2.42. The van der Waals surface area contributed by atoms with Crippen LogP contribution in [0.1, 0.15) is 65.8 Å². The molecule has 1 saturated carbocycles. The molecular formula is C35H48ClN9O4. The topological polar surface area (TPSA) is 127 Å². The van der Waals surface area contributed by atoms with Gasteiger partial charge in [0.2, 0.25) is 5.95 Å². The summed E-state index contributed by atoms with van der Waals surface area (Å²) in [6.45, 7) is 11.4. The first-order valence-electron chi connectivity index (χ1n) is 17.3. The Hall–Kier alpha value is -3.78. The maximum atomic E-state index is 6.48. The van der Waals surface area contributed by atoms with Crippen LogP contribution in [0, 0.1) is 0 Å². The third kappa shape index (κ3) is 9.27. The number of anilines is 2. The molecule has 49 heavy (non-hydrogen) atoms. The molecule has 2 fully saturated rings. The molecule has 0 amide bonds. The minimum Gasteiger partial charge on any atom is -0.487 e. The summed E-state index contributed by atoms with van der Waals surface area (Å²) >= 11 is 6.48. The van der Waals surface area contributed by atoms with E-state index in [1.807, 2.05) is 38.2 Å². The Morgan fingerprint density at radius 3 is 2.43 bits per heavy atom. The lowest BCUT2D eigenvalue weighted by Crippen LogP contribution is -2.51. The zero-order valence-corrected chi connectivity index (χ0v) is 29.8. The summed E-state index contributed by atoms with van der Waals surface area (Å²) in [5.41, 5.74) is 2.46. The van der Waals surface area contributed by atoms with Crippen LogP contribution in [0.3, 0.4) is 0 Å². The maximum Gasteiger partial charge on any atom is 0.256 e. The van der Waals surface area contributed by atoms with Gasteiger partial charge in [-0.15, -0.1) is 5.10 Å². The predicted molar refractivity (Wildman–Crippen MR) is 188 cm³/mol. The van der Waals surface area contributed by atoms with Crippen molar-refractivity contribution in [2.24, 2.45) is 0 Å². The summed E-state index contributed by atoms with van der Waals surface area (Å²) in [5, 5.41) is 12.9. The molecule has 14 heteroatoms. The average molecular weight is 694 g/mol. The van der Waals surface area contributed by atoms with Crippen LogP contribution in [0.15, 0.2) is 49.4 Å². The van der Waals surface area contributed by atoms with Gasteiger partial charge in [-0.05, 0) is 71.1 Å². The number of halogens is 1. The van der Waals surface area contributed by atoms with E-state index in [0.29, 0.717) is 47.8 Å². The van der Waals surface area contributed by atoms with Gasteiger partial charge in [-0.3, -0.25) is 9.58 Å². The molecule has 2 aliphatic rings. The van der Waals surface area contributed by atoms with Gasteiger partial charge in [-0.2, -0.15) is 5.10 Å². The maximum absolute atomic E-state index is 6.48. The lowest BCUT2D eigenvalue weighted by atomic mass is 9.89. The number of nitrogens with one attached hydrogen (secondary N) is 1. The molecule has 13 nitrogen and oxygen atoms in total. The molecule has 264 valence electrons. The van der Waals surface area contributed by atoms with Crippen LogP contribution in [0.4, 0.5) is 11.6 Å². The van der Waals surface area contributed by atoms with Crippen molar-refractivity contribution >= 4 is 23.2 Å². The Morgan fingerprint density at radius 1 is 1.00 bits per heavy atom. The van der Waals surface area contributed by atoms with Crippen LogP contribution in [0.25, 0.3) is 11.1 Å². The molecule has 1 aliphatic carbocycles. The van der Waals surface area contributed by atoms with Crippen molar-refractivity contribution in [1.29, 1.82) is 0 Å². The minimum absolute atomic E-state index is 0.0889. The molecular weight excluding hydrogens is 646 g/mol. The fourth-order valence-corrected chi connectivity index (χ4v) is 6.84. The molecule has 4 heterocycles. The molecule has 4 atom stereocenters. The molecule has 1 aliphatic heterocycles. The predicted octanol–water partition coefficient (Wildman–Crippen LogP) is 6.19. The molecule has 0 spiro atoms. The van der Waals surface area contributed by atoms with E-state index in [0.717, 1.165) is 62.0 Å². The van der Waals surface area contributed by atoms with E-state index in [9.17, 15) is 0 Å². The van der Waals surface area contributed by atoms with Crippen LogP contribution in [0.5, 0.6) is 11.6 Å². The number of morpholine rings is 1. The van der Waals surface area contributed by atoms with E-state index in [-0.39, 0.29) is 24.4 Å². The molecule has 6 rings (SSSR count). The van der Waals surface area contributed by atoms with E-state index in [1.165, 1.54) is 6.33 Å². The van der Waals surface area contributed by atoms with Crippen molar-refractivity contribution in [2.45, 2.75) is 103 Å². The molecule has 4 aromatic rings. The Bertz CT molecular complexity index is 1600. The van der Waals surface area contributed by atoms with Crippen molar-refractivity contribution in [3.05, 3.63) is 54.5 Å². The third-order valence-corrected chi connectivity index (χ3v) is 9.58. The summed E-state index contributed by atoms with van der Waals surface area (Å²) < 4.78 is 27.5. The largest absolute Gasteiger partial charge is 0.487 e. The average Bonchev–Trinajstić information content (AvgIpc) is 3.75. The highest BCUT2D eigenvalue weighted by atomic mass is 35.5. The van der Waals surface area contributed by atoms with Gasteiger partial charge in [0.15, 0.2) is 0 Å². The van der Waals surface area contributed by atoms with Crippen LogP contribution in [-0.2, 0) is 16.0 Å². The Kier molecular flexibility index (Phi) is 11.7. The molecule has 0 unspecified atom stereocenters. The van der Waals surface area contributed by atoms with Gasteiger partial charge in [0.1, 0.15) is 30.2 Å². The highest BCUT2D eigenvalue weighted by Gasteiger charge is 2.32. The fourth-order valence-electron chi connectivity index (χ4n) is 6.68. The number of hydrogen-bond donors (Lipinski definition) is 1. The monoisotopic (exact) mass is 693 g/mol. The summed E-state index contributed by atoms with van der Waals surface area (Å²) in [6, 6.07) is 6.53. The normalized spacial score (nSPS) is 22.8. The number of methoxy groups -OCH3 is 1. The Morgan fingerprint density at radius 2 is 1.73 bits per heavy atom. The number of benzene rings is 1. The van der Waals surface area contributed by atoms with E-state index in [1.54, 1.807) is 30.5 Å². The number of nitrogens with zero attached hydrogens (tertiary/aromatic N) is 8. The molecule has 3 aromatic heterocycles. The van der Waals surface area contributed by atoms with Gasteiger partial charge in [-0.1, -0.05) is 17.7 Å². The minimum atomic E-state index is -0.167. The molecule has 0 radical (unpaired) electrons. The summed E-state index contributed by atoms with van der Waals surface area (Å²) in [6.07, 6.45) is 14.4. The Balaban J connectivity index is 1.12. The summed E-state index contributed by atoms with van der Waals surface area (Å²) in [7, 11) is 1.71. The number of ether oxygens (including phenoxy) is 4. The van der Waals surface area contributed by atoms with Crippen LogP contribution in [-0.4, -0.2) is 96.7 Å². The quantitative estimate of drug-likeness (QED) is 0.162. The van der Waals surface area contributed by atoms with Crippen molar-refractivity contribution in [1.82, 2.24) is 39.4 Å². The van der Waals surface area contributed by atoms with E-state index in [4.69, 9.17) is 35.6 Å². The molecule has 1 N–H and O–H groups in total. The summed E-state index contributed by atoms with van der Waals surface area (Å²) in [4.78, 5) is 15.9. The lowest BCUT2D eigenvalue weighted by molar-refractivity contribution is -0.0852. The van der Waals surface area contributed by atoms with Gasteiger partial charge in [0, 0.05) is 50.6 Å². The highest BCUT2D eigenvalue weighted by molar-refractivity contribution is 6.32. The first kappa shape index (κ1) is 35.1. The SMILES string of the molecule is CO[C@@H](C)CCOc1nn(C2CCC(N3C[C@@H](C)O[C@@H](C)C3)CC2)cc1Nc1ncc(-c2ccc(Cl)c(O[C@@H](C)Cn3cncn3)c2)cn1. The highest BCUT2D eigenvalue weighted by Crippen LogP contribution is 2.36. The standard InChI is InChI=1S/C35H48ClN9O4/c1-23(46-5)12-13-47-34-32(20-45(42-34)30-9-7-29(8-10-30)43-17-24(2)48-25(3)18-43)41-35-38-15-28(16-39-35)27-6-11-31(36)33(14-27)49-26(4)19-44-22-37-21-40-44/h6,11,14-16,20-26,29-30H,7-10,12-13,17-19H2,1-5H3,(H,38,39,41)/t23-,24-,25+,26-,29?,30?/m0/s1. The second-order valence-corrected chi connectivity index (χ2v) is 13.7. The smallest absolute Gasteiger partial charge is 0.256 e. The van der Waals surface area contributed by atoms with Gasteiger partial charge >= 0.3 is 0 Å². The third-order valence-electron chi connectivity index (χ3n) is 9.27. The number of rotatable bonds is 14. The van der Waals surface area contributed by atoms with Crippen molar-refractivity contribution in [2.75, 3.05) is 32.1 Å². The first-order chi connectivity index (χ1) is 23.7. The van der Waals surface area contributed by atoms with Gasteiger partial charge < -0.3 is 24.3 Å². The zero-order valence-electron chi connectivity index (χ0n) is 29.0. The van der Waals surface area contributed by atoms with Crippen LogP contribution in [0.2, 0.25) is 5.02 Å². The molecule has 1 aromatic carbocycles. The number of hydrogen-bond acceptors (Lipinski definition) is 11. The first-order valence-corrected chi connectivity index (χ1v) is 17.6. The summed E-state index contributed by atoms with van der Waals surface area (Å²) in [5.74, 6) is 1.56. The van der Waals surface area contributed by atoms with Crippen molar-refractivity contribution in [3.8, 4) is 22.8 Å². The van der Waals surface area contributed by atoms with Gasteiger partial charge in [0.05, 0.1) is 48.7 Å². The van der Waals surface area contributed by atoms with Gasteiger partial charge in [0.25, 0.3) is 5.88 Å². The van der Waals surface area contributed by atoms with Crippen molar-refractivity contribution < 1.29 is 18.9 Å². The van der Waals surface area contributed by atoms with E-state index in [2.05, 4.69) is 48.8 Å².